The summed E-state index contributed by atoms with van der Waals surface area (Å²) < 4.78 is 6.10. The molecule has 2 bridgehead atoms. The summed E-state index contributed by atoms with van der Waals surface area (Å²) in [6.45, 7) is 0. The summed E-state index contributed by atoms with van der Waals surface area (Å²) in [6, 6.07) is 0. The van der Waals surface area contributed by atoms with Gasteiger partial charge in [-0.15, -0.1) is 0 Å². The average Bonchev–Trinajstić information content (AvgIpc) is 3.33. The highest BCUT2D eigenvalue weighted by molar-refractivity contribution is 5.89. The van der Waals surface area contributed by atoms with Crippen molar-refractivity contribution in [2.24, 2.45) is 17.8 Å². The largest absolute Gasteiger partial charge is 0.481 e. The summed E-state index contributed by atoms with van der Waals surface area (Å²) in [7, 11) is 0. The van der Waals surface area contributed by atoms with Crippen molar-refractivity contribution < 1.29 is 19.4 Å². The van der Waals surface area contributed by atoms with Gasteiger partial charge in [0.05, 0.1) is 12.2 Å². The van der Waals surface area contributed by atoms with Gasteiger partial charge in [-0.3, -0.25) is 9.59 Å². The Kier molecular flexibility index (Phi) is 7.07. The highest BCUT2D eigenvalue weighted by Crippen LogP contribution is 2.45. The predicted molar refractivity (Wildman–Crippen MR) is 101 cm³/mol. The molecule has 2 saturated heterocycles. The van der Waals surface area contributed by atoms with E-state index in [9.17, 15) is 9.59 Å². The fourth-order valence-corrected chi connectivity index (χ4v) is 4.91. The minimum Gasteiger partial charge on any atom is -0.481 e. The summed E-state index contributed by atoms with van der Waals surface area (Å²) in [6.07, 6.45) is 19.5. The first-order chi connectivity index (χ1) is 12.6. The molecule has 4 atom stereocenters. The van der Waals surface area contributed by atoms with Crippen LogP contribution >= 0.6 is 0 Å². The molecule has 2 aliphatic heterocycles. The number of ether oxygens (including phenoxy) is 1. The lowest BCUT2D eigenvalue weighted by atomic mass is 9.77. The molecule has 0 amide bonds. The molecule has 3 aliphatic rings. The number of fused-ring (bicyclic) bond motifs is 2. The summed E-state index contributed by atoms with van der Waals surface area (Å²) in [5.74, 6) is 0.966. The van der Waals surface area contributed by atoms with E-state index in [1.807, 2.05) is 6.08 Å². The van der Waals surface area contributed by atoms with Gasteiger partial charge in [0.1, 0.15) is 0 Å². The number of rotatable bonds is 10. The number of carbonyl (C=O) groups excluding carboxylic acids is 1. The van der Waals surface area contributed by atoms with Crippen LogP contribution in [0.1, 0.15) is 70.6 Å². The molecule has 4 nitrogen and oxygen atoms in total. The van der Waals surface area contributed by atoms with Crippen LogP contribution in [0.15, 0.2) is 24.3 Å². The smallest absolute Gasteiger partial charge is 0.303 e. The Bertz CT molecular complexity index is 544. The maximum absolute atomic E-state index is 12.3. The number of ketones is 1. The second kappa shape index (κ2) is 9.50. The monoisotopic (exact) mass is 360 g/mol. The van der Waals surface area contributed by atoms with Gasteiger partial charge in [0.25, 0.3) is 0 Å². The normalized spacial score (nSPS) is 31.5. The Morgan fingerprint density at radius 1 is 1.04 bits per heavy atom. The van der Waals surface area contributed by atoms with Crippen LogP contribution in [0.2, 0.25) is 0 Å². The molecule has 1 saturated carbocycles. The molecule has 144 valence electrons. The zero-order valence-corrected chi connectivity index (χ0v) is 15.6. The van der Waals surface area contributed by atoms with E-state index in [0.29, 0.717) is 36.7 Å². The lowest BCUT2D eigenvalue weighted by Gasteiger charge is -2.24. The van der Waals surface area contributed by atoms with Crippen LogP contribution in [-0.2, 0) is 14.3 Å². The van der Waals surface area contributed by atoms with Crippen LogP contribution in [-0.4, -0.2) is 29.1 Å². The highest BCUT2D eigenvalue weighted by Gasteiger charge is 2.46. The standard InChI is InChI=1S/C22H32O4/c23-17(15-16-7-5-6-8-16)11-12-19-18(20-13-14-21(19)26-20)9-3-1-2-4-10-22(24)25/h1,3,11-12,16,18-21H,2,4-10,13-15H2,(H,24,25)/b3-1-,12-11+/t18-,19-,20+,21-/m0/s1. The van der Waals surface area contributed by atoms with Crippen molar-refractivity contribution >= 4 is 11.8 Å². The van der Waals surface area contributed by atoms with Crippen molar-refractivity contribution in [3.05, 3.63) is 24.3 Å². The van der Waals surface area contributed by atoms with Crippen molar-refractivity contribution in [1.82, 2.24) is 0 Å². The van der Waals surface area contributed by atoms with Crippen LogP contribution in [0, 0.1) is 17.8 Å². The molecule has 1 N–H and O–H groups in total. The molecule has 0 aromatic heterocycles. The van der Waals surface area contributed by atoms with E-state index in [2.05, 4.69) is 18.2 Å². The molecule has 0 unspecified atom stereocenters. The number of carboxylic acids is 1. The van der Waals surface area contributed by atoms with Crippen molar-refractivity contribution in [1.29, 1.82) is 0 Å². The van der Waals surface area contributed by atoms with Crippen LogP contribution in [0.25, 0.3) is 0 Å². The number of allylic oxidation sites excluding steroid dienone is 3. The lowest BCUT2D eigenvalue weighted by molar-refractivity contribution is -0.137. The number of aliphatic carboxylic acids is 1. The number of unbranched alkanes of at least 4 members (excludes halogenated alkanes) is 1. The minimum absolute atomic E-state index is 0.232. The summed E-state index contributed by atoms with van der Waals surface area (Å²) in [5, 5.41) is 8.67. The Balaban J connectivity index is 1.46. The van der Waals surface area contributed by atoms with E-state index in [-0.39, 0.29) is 18.3 Å². The molecule has 3 rings (SSSR count). The Morgan fingerprint density at radius 2 is 1.81 bits per heavy atom. The first-order valence-electron chi connectivity index (χ1n) is 10.4. The van der Waals surface area contributed by atoms with E-state index in [1.54, 1.807) is 0 Å². The highest BCUT2D eigenvalue weighted by atomic mass is 16.5. The van der Waals surface area contributed by atoms with Crippen LogP contribution in [0.5, 0.6) is 0 Å². The van der Waals surface area contributed by atoms with E-state index < -0.39 is 5.97 Å². The average molecular weight is 360 g/mol. The predicted octanol–water partition coefficient (Wildman–Crippen LogP) is 4.69. The Morgan fingerprint density at radius 3 is 2.58 bits per heavy atom. The fourth-order valence-electron chi connectivity index (χ4n) is 4.91. The molecule has 1 aliphatic carbocycles. The number of hydrogen-bond acceptors (Lipinski definition) is 3. The molecular formula is C22H32O4. The Hall–Kier alpha value is -1.42. The van der Waals surface area contributed by atoms with Gasteiger partial charge in [-0.25, -0.2) is 0 Å². The van der Waals surface area contributed by atoms with Crippen molar-refractivity contribution in [2.75, 3.05) is 0 Å². The molecule has 2 heterocycles. The second-order valence-electron chi connectivity index (χ2n) is 8.20. The van der Waals surface area contributed by atoms with Crippen LogP contribution < -0.4 is 0 Å². The topological polar surface area (TPSA) is 63.6 Å². The zero-order chi connectivity index (χ0) is 18.4. The summed E-state index contributed by atoms with van der Waals surface area (Å²) >= 11 is 0. The summed E-state index contributed by atoms with van der Waals surface area (Å²) in [5.41, 5.74) is 0. The van der Waals surface area contributed by atoms with Gasteiger partial charge in [-0.1, -0.05) is 43.9 Å². The maximum atomic E-state index is 12.3. The third-order valence-corrected chi connectivity index (χ3v) is 6.29. The molecule has 4 heteroatoms. The quantitative estimate of drug-likeness (QED) is 0.349. The SMILES string of the molecule is O=C(O)CCC/C=C\C[C@H]1[C@H](/C=C/C(=O)CC2CCCC2)[C@@H]2CC[C@H]1O2. The van der Waals surface area contributed by atoms with Crippen molar-refractivity contribution in [3.8, 4) is 0 Å². The van der Waals surface area contributed by atoms with Gasteiger partial charge < -0.3 is 9.84 Å². The molecular weight excluding hydrogens is 328 g/mol. The van der Waals surface area contributed by atoms with Crippen molar-refractivity contribution in [2.45, 2.75) is 82.8 Å². The van der Waals surface area contributed by atoms with Crippen molar-refractivity contribution in [3.63, 3.8) is 0 Å². The third kappa shape index (κ3) is 5.29. The molecule has 0 aromatic carbocycles. The van der Waals surface area contributed by atoms with Crippen LogP contribution in [0.4, 0.5) is 0 Å². The van der Waals surface area contributed by atoms with E-state index in [1.165, 1.54) is 25.7 Å². The molecule has 3 fully saturated rings. The zero-order valence-electron chi connectivity index (χ0n) is 15.6. The number of carbonyl (C=O) groups is 2. The Labute approximate surface area is 156 Å². The molecule has 0 spiro atoms. The van der Waals surface area contributed by atoms with Gasteiger partial charge >= 0.3 is 5.97 Å². The van der Waals surface area contributed by atoms with E-state index >= 15 is 0 Å². The van der Waals surface area contributed by atoms with Crippen LogP contribution in [0.3, 0.4) is 0 Å². The van der Waals surface area contributed by atoms with Gasteiger partial charge in [-0.2, -0.15) is 0 Å². The van der Waals surface area contributed by atoms with Gasteiger partial charge in [0.15, 0.2) is 5.78 Å². The van der Waals surface area contributed by atoms with Gasteiger partial charge in [-0.05, 0) is 50.0 Å². The van der Waals surface area contributed by atoms with Gasteiger partial charge in [0, 0.05) is 18.8 Å². The maximum Gasteiger partial charge on any atom is 0.303 e. The minimum atomic E-state index is -0.729. The first kappa shape index (κ1) is 19.3. The fraction of sp³-hybridized carbons (Fsp3) is 0.727. The molecule has 0 aromatic rings. The molecule has 0 radical (unpaired) electrons. The number of hydrogen-bond donors (Lipinski definition) is 1. The number of carboxylic acid groups (broad SMARTS) is 1. The second-order valence-corrected chi connectivity index (χ2v) is 8.20. The van der Waals surface area contributed by atoms with Gasteiger partial charge in [0.2, 0.25) is 0 Å². The molecule has 26 heavy (non-hydrogen) atoms. The third-order valence-electron chi connectivity index (χ3n) is 6.29. The summed E-state index contributed by atoms with van der Waals surface area (Å²) in [4.78, 5) is 22.8. The van der Waals surface area contributed by atoms with E-state index in [0.717, 1.165) is 25.7 Å². The lowest BCUT2D eigenvalue weighted by Crippen LogP contribution is -2.25. The first-order valence-corrected chi connectivity index (χ1v) is 10.4. The van der Waals surface area contributed by atoms with E-state index in [4.69, 9.17) is 9.84 Å².